The zero-order valence-corrected chi connectivity index (χ0v) is 25.1. The molecule has 0 unspecified atom stereocenters. The van der Waals surface area contributed by atoms with Gasteiger partial charge in [0, 0.05) is 12.6 Å². The molecule has 3 aromatic carbocycles. The molecule has 0 aliphatic heterocycles. The third-order valence-electron chi connectivity index (χ3n) is 6.73. The standard InChI is InChI=1S/C31H39N3O6S/c1-6-23(3)32-31(36)24(4)33(21-25-13-17-27(39-5)18-14-25)30(35)22-34(26-15-19-28(20-16-26)40-7-2)41(37,38)29-11-9-8-10-12-29/h8-20,23-24H,6-7,21-22H2,1-5H3,(H,32,36)/t23-,24+/m0/s1. The van der Waals surface area contributed by atoms with Gasteiger partial charge in [-0.1, -0.05) is 37.3 Å². The first-order valence-electron chi connectivity index (χ1n) is 13.6. The van der Waals surface area contributed by atoms with E-state index in [0.29, 0.717) is 23.8 Å². The first-order chi connectivity index (χ1) is 19.6. The van der Waals surface area contributed by atoms with Gasteiger partial charge in [0.15, 0.2) is 0 Å². The highest BCUT2D eigenvalue weighted by atomic mass is 32.2. The predicted octanol–water partition coefficient (Wildman–Crippen LogP) is 4.62. The highest BCUT2D eigenvalue weighted by Crippen LogP contribution is 2.27. The summed E-state index contributed by atoms with van der Waals surface area (Å²) < 4.78 is 39.5. The lowest BCUT2D eigenvalue weighted by atomic mass is 10.1. The minimum atomic E-state index is -4.13. The number of sulfonamides is 1. The summed E-state index contributed by atoms with van der Waals surface area (Å²) in [5, 5.41) is 2.93. The molecule has 0 fully saturated rings. The van der Waals surface area contributed by atoms with Gasteiger partial charge in [-0.25, -0.2) is 8.42 Å². The first-order valence-corrected chi connectivity index (χ1v) is 15.1. The average Bonchev–Trinajstić information content (AvgIpc) is 2.99. The van der Waals surface area contributed by atoms with Crippen LogP contribution in [0.3, 0.4) is 0 Å². The molecule has 0 aliphatic rings. The van der Waals surface area contributed by atoms with E-state index in [1.54, 1.807) is 68.6 Å². The van der Waals surface area contributed by atoms with Crippen molar-refractivity contribution in [2.75, 3.05) is 24.6 Å². The number of nitrogens with one attached hydrogen (secondary N) is 1. The Bertz CT molecular complexity index is 1380. The predicted molar refractivity (Wildman–Crippen MR) is 159 cm³/mol. The zero-order valence-electron chi connectivity index (χ0n) is 24.2. The van der Waals surface area contributed by atoms with Gasteiger partial charge in [-0.2, -0.15) is 0 Å². The molecule has 3 aromatic rings. The number of amides is 2. The molecule has 0 aromatic heterocycles. The van der Waals surface area contributed by atoms with Gasteiger partial charge < -0.3 is 19.7 Å². The van der Waals surface area contributed by atoms with Gasteiger partial charge in [0.2, 0.25) is 11.8 Å². The van der Waals surface area contributed by atoms with Gasteiger partial charge in [-0.15, -0.1) is 0 Å². The van der Waals surface area contributed by atoms with E-state index in [-0.39, 0.29) is 23.4 Å². The van der Waals surface area contributed by atoms with Crippen LogP contribution in [-0.2, 0) is 26.2 Å². The smallest absolute Gasteiger partial charge is 0.264 e. The Morgan fingerprint density at radius 3 is 2.05 bits per heavy atom. The molecule has 0 saturated heterocycles. The number of hydrogen-bond donors (Lipinski definition) is 1. The molecule has 9 nitrogen and oxygen atoms in total. The Labute approximate surface area is 243 Å². The SMILES string of the molecule is CCOc1ccc(N(CC(=O)N(Cc2ccc(OC)cc2)[C@H](C)C(=O)N[C@@H](C)CC)S(=O)(=O)c2ccccc2)cc1. The Morgan fingerprint density at radius 2 is 1.49 bits per heavy atom. The second kappa shape index (κ2) is 14.5. The number of carbonyl (C=O) groups excluding carboxylic acids is 2. The molecular formula is C31H39N3O6S. The summed E-state index contributed by atoms with van der Waals surface area (Å²) >= 11 is 0. The second-order valence-corrected chi connectivity index (χ2v) is 11.5. The molecular weight excluding hydrogens is 542 g/mol. The van der Waals surface area contributed by atoms with Crippen molar-refractivity contribution in [2.45, 2.75) is 57.6 Å². The summed E-state index contributed by atoms with van der Waals surface area (Å²) in [5.74, 6) is 0.390. The normalized spacial score (nSPS) is 12.6. The Kier molecular flexibility index (Phi) is 11.2. The van der Waals surface area contributed by atoms with Crippen molar-refractivity contribution in [3.8, 4) is 11.5 Å². The van der Waals surface area contributed by atoms with E-state index >= 15 is 0 Å². The topological polar surface area (TPSA) is 105 Å². The summed E-state index contributed by atoms with van der Waals surface area (Å²) in [6, 6.07) is 20.7. The van der Waals surface area contributed by atoms with Crippen molar-refractivity contribution in [2.24, 2.45) is 0 Å². The maximum Gasteiger partial charge on any atom is 0.264 e. The van der Waals surface area contributed by atoms with Crippen molar-refractivity contribution < 1.29 is 27.5 Å². The third kappa shape index (κ3) is 8.23. The number of carbonyl (C=O) groups is 2. The Balaban J connectivity index is 2.01. The summed E-state index contributed by atoms with van der Waals surface area (Å²) in [6.45, 7) is 7.39. The fraction of sp³-hybridized carbons (Fsp3) is 0.355. The van der Waals surface area contributed by atoms with Gasteiger partial charge in [-0.3, -0.25) is 13.9 Å². The van der Waals surface area contributed by atoms with Crippen molar-refractivity contribution in [1.82, 2.24) is 10.2 Å². The van der Waals surface area contributed by atoms with Gasteiger partial charge in [-0.05, 0) is 81.3 Å². The minimum Gasteiger partial charge on any atom is -0.497 e. The number of benzene rings is 3. The van der Waals surface area contributed by atoms with E-state index in [0.717, 1.165) is 16.3 Å². The van der Waals surface area contributed by atoms with Crippen LogP contribution in [-0.4, -0.2) is 57.5 Å². The second-order valence-electron chi connectivity index (χ2n) is 9.62. The molecule has 2 amide bonds. The van der Waals surface area contributed by atoms with Crippen LogP contribution in [0.4, 0.5) is 5.69 Å². The number of hydrogen-bond acceptors (Lipinski definition) is 6. The fourth-order valence-electron chi connectivity index (χ4n) is 4.10. The summed E-state index contributed by atoms with van der Waals surface area (Å²) in [6.07, 6.45) is 0.728. The average molecular weight is 582 g/mol. The summed E-state index contributed by atoms with van der Waals surface area (Å²) in [5.41, 5.74) is 1.06. The van der Waals surface area contributed by atoms with E-state index in [4.69, 9.17) is 9.47 Å². The lowest BCUT2D eigenvalue weighted by Gasteiger charge is -2.32. The fourth-order valence-corrected chi connectivity index (χ4v) is 5.53. The maximum absolute atomic E-state index is 14.0. The highest BCUT2D eigenvalue weighted by Gasteiger charge is 2.32. The molecule has 0 radical (unpaired) electrons. The molecule has 41 heavy (non-hydrogen) atoms. The van der Waals surface area contributed by atoms with E-state index < -0.39 is 28.5 Å². The van der Waals surface area contributed by atoms with Crippen molar-refractivity contribution in [1.29, 1.82) is 0 Å². The summed E-state index contributed by atoms with van der Waals surface area (Å²) in [7, 11) is -2.57. The first kappa shape index (κ1) is 31.5. The maximum atomic E-state index is 14.0. The molecule has 0 bridgehead atoms. The number of methoxy groups -OCH3 is 1. The number of anilines is 1. The van der Waals surface area contributed by atoms with Crippen LogP contribution in [0.1, 0.15) is 39.7 Å². The number of ether oxygens (including phenoxy) is 2. The zero-order chi connectivity index (χ0) is 30.0. The molecule has 10 heteroatoms. The molecule has 220 valence electrons. The molecule has 0 spiro atoms. The molecule has 1 N–H and O–H groups in total. The van der Waals surface area contributed by atoms with Crippen LogP contribution in [0.15, 0.2) is 83.8 Å². The van der Waals surface area contributed by atoms with Crippen LogP contribution in [0.25, 0.3) is 0 Å². The molecule has 2 atom stereocenters. The van der Waals surface area contributed by atoms with E-state index in [2.05, 4.69) is 5.32 Å². The van der Waals surface area contributed by atoms with Crippen LogP contribution >= 0.6 is 0 Å². The molecule has 0 saturated carbocycles. The monoisotopic (exact) mass is 581 g/mol. The lowest BCUT2D eigenvalue weighted by molar-refractivity contribution is -0.139. The molecule has 0 heterocycles. The van der Waals surface area contributed by atoms with E-state index in [9.17, 15) is 18.0 Å². The van der Waals surface area contributed by atoms with Crippen LogP contribution < -0.4 is 19.1 Å². The van der Waals surface area contributed by atoms with Crippen LogP contribution in [0.2, 0.25) is 0 Å². The van der Waals surface area contributed by atoms with Gasteiger partial charge in [0.1, 0.15) is 24.1 Å². The minimum absolute atomic E-state index is 0.0472. The summed E-state index contributed by atoms with van der Waals surface area (Å²) in [4.78, 5) is 28.6. The molecule has 0 aliphatic carbocycles. The van der Waals surface area contributed by atoms with Gasteiger partial charge in [0.25, 0.3) is 10.0 Å². The van der Waals surface area contributed by atoms with E-state index in [1.165, 1.54) is 17.0 Å². The van der Waals surface area contributed by atoms with Crippen LogP contribution in [0.5, 0.6) is 11.5 Å². The molecule has 3 rings (SSSR count). The van der Waals surface area contributed by atoms with Crippen molar-refractivity contribution >= 4 is 27.5 Å². The number of rotatable bonds is 14. The quantitative estimate of drug-likeness (QED) is 0.298. The number of nitrogens with zero attached hydrogens (tertiary/aromatic N) is 2. The van der Waals surface area contributed by atoms with Crippen molar-refractivity contribution in [3.63, 3.8) is 0 Å². The Hall–Kier alpha value is -4.05. The van der Waals surface area contributed by atoms with E-state index in [1.807, 2.05) is 32.9 Å². The van der Waals surface area contributed by atoms with Gasteiger partial charge >= 0.3 is 0 Å². The van der Waals surface area contributed by atoms with Gasteiger partial charge in [0.05, 0.1) is 24.3 Å². The van der Waals surface area contributed by atoms with Crippen LogP contribution in [0, 0.1) is 0 Å². The lowest BCUT2D eigenvalue weighted by Crippen LogP contribution is -2.52. The largest absolute Gasteiger partial charge is 0.497 e. The highest BCUT2D eigenvalue weighted by molar-refractivity contribution is 7.92. The third-order valence-corrected chi connectivity index (χ3v) is 8.51. The van der Waals surface area contributed by atoms with Crippen molar-refractivity contribution in [3.05, 3.63) is 84.4 Å². The Morgan fingerprint density at radius 1 is 0.878 bits per heavy atom.